The summed E-state index contributed by atoms with van der Waals surface area (Å²) in [6, 6.07) is 0. The first-order valence-electron chi connectivity index (χ1n) is 9.77. The number of alkyl halides is 1. The van der Waals surface area contributed by atoms with Gasteiger partial charge in [0, 0.05) is 0 Å². The number of aliphatic hydroxyl groups excluding tert-OH is 1. The molecule has 0 aromatic rings. The van der Waals surface area contributed by atoms with Gasteiger partial charge in [-0.1, -0.05) is 0 Å². The Hall–Kier alpha value is 0.350. The molecule has 0 radical (unpaired) electrons. The molecule has 5 aliphatic rings. The van der Waals surface area contributed by atoms with Crippen LogP contribution in [0.1, 0.15) is 58.8 Å². The summed E-state index contributed by atoms with van der Waals surface area (Å²) in [7, 11) is 0. The molecule has 136 valence electrons. The molecule has 0 saturated heterocycles. The quantitative estimate of drug-likeness (QED) is 0.299. The van der Waals surface area contributed by atoms with E-state index in [1.165, 1.54) is 18.4 Å². The van der Waals surface area contributed by atoms with Crippen LogP contribution in [0, 0.1) is 40.4 Å². The van der Waals surface area contributed by atoms with Gasteiger partial charge in [0.2, 0.25) is 0 Å². The van der Waals surface area contributed by atoms with Gasteiger partial charge in [-0.3, -0.25) is 0 Å². The Morgan fingerprint density at radius 1 is 1.21 bits per heavy atom. The molecule has 3 nitrogen and oxygen atoms in total. The Kier molecular flexibility index (Phi) is 3.43. The van der Waals surface area contributed by atoms with Crippen LogP contribution < -0.4 is 21.6 Å². The first kappa shape index (κ1) is 16.5. The van der Waals surface area contributed by atoms with Gasteiger partial charge in [0.25, 0.3) is 0 Å². The van der Waals surface area contributed by atoms with Crippen molar-refractivity contribution < 1.29 is 35.3 Å². The van der Waals surface area contributed by atoms with Gasteiger partial charge in [0.1, 0.15) is 0 Å². The molecule has 0 bridgehead atoms. The summed E-state index contributed by atoms with van der Waals surface area (Å²) in [4.78, 5) is 0. The Morgan fingerprint density at radius 2 is 2.00 bits per heavy atom. The van der Waals surface area contributed by atoms with Crippen molar-refractivity contribution in [2.45, 2.75) is 68.5 Å². The molecule has 0 aliphatic heterocycles. The Morgan fingerprint density at radius 3 is 2.75 bits per heavy atom. The van der Waals surface area contributed by atoms with Gasteiger partial charge >= 0.3 is 156 Å². The van der Waals surface area contributed by atoms with Gasteiger partial charge in [0.05, 0.1) is 0 Å². The van der Waals surface area contributed by atoms with E-state index in [0.717, 1.165) is 38.0 Å². The van der Waals surface area contributed by atoms with Crippen LogP contribution in [-0.4, -0.2) is 23.4 Å². The van der Waals surface area contributed by atoms with Gasteiger partial charge in [-0.05, 0) is 0 Å². The molecule has 1 spiro atoms. The number of hydrogen-bond acceptors (Lipinski definition) is 3. The van der Waals surface area contributed by atoms with E-state index in [9.17, 15) is 13.6 Å². The third kappa shape index (κ3) is 1.75. The number of aliphatic hydroxyl groups is 2. The van der Waals surface area contributed by atoms with Crippen LogP contribution in [0.25, 0.3) is 0 Å². The Bertz CT molecular complexity index is 606. The molecule has 0 aromatic heterocycles. The molecule has 4 fully saturated rings. The zero-order chi connectivity index (χ0) is 16.9. The molecule has 4 saturated carbocycles. The van der Waals surface area contributed by atoms with Crippen molar-refractivity contribution in [1.29, 1.82) is 0 Å². The van der Waals surface area contributed by atoms with Crippen molar-refractivity contribution in [2.24, 2.45) is 40.4 Å². The van der Waals surface area contributed by atoms with Gasteiger partial charge in [0.15, 0.2) is 0 Å². The van der Waals surface area contributed by atoms with Crippen molar-refractivity contribution in [3.05, 3.63) is 11.6 Å². The van der Waals surface area contributed by atoms with Crippen molar-refractivity contribution >= 4 is 0 Å². The van der Waals surface area contributed by atoms with E-state index < -0.39 is 25.2 Å². The van der Waals surface area contributed by atoms with E-state index in [-0.39, 0.29) is 11.5 Å². The Labute approximate surface area is 155 Å². The summed E-state index contributed by atoms with van der Waals surface area (Å²) < 4.78 is 9.31. The number of allylic oxidation sites excluding steroid dienone is 1. The zero-order valence-corrected chi connectivity index (χ0v) is 16.9. The summed E-state index contributed by atoms with van der Waals surface area (Å²) in [5, 5.41) is 21.3. The molecule has 3 N–H and O–H groups in total. The van der Waals surface area contributed by atoms with E-state index in [2.05, 4.69) is 19.9 Å². The zero-order valence-electron chi connectivity index (χ0n) is 14.7. The Balaban J connectivity index is 1.56. The third-order valence-corrected chi connectivity index (χ3v) is 11.5. The van der Waals surface area contributed by atoms with Gasteiger partial charge in [-0.2, -0.15) is 0 Å². The number of fused-ring (bicyclic) bond motifs is 3. The van der Waals surface area contributed by atoms with Crippen LogP contribution in [0.15, 0.2) is 11.6 Å². The third-order valence-electron chi connectivity index (χ3n) is 9.06. The van der Waals surface area contributed by atoms with E-state index in [0.29, 0.717) is 29.1 Å². The fourth-order valence-electron chi connectivity index (χ4n) is 8.11. The van der Waals surface area contributed by atoms with Crippen molar-refractivity contribution in [3.8, 4) is 0 Å². The molecule has 0 aromatic carbocycles. The van der Waals surface area contributed by atoms with Crippen molar-refractivity contribution in [2.75, 3.05) is 0 Å². The SMILES string of the molecule is C[C@@H]1CC2=C[C@H](O)CC[C@@H]2[C@H]2CC[C@@]3(C)[C@@]4(C[C@@H]4C[C@@]3(O)[I-]O)[C@@H]21. The van der Waals surface area contributed by atoms with E-state index >= 15 is 0 Å². The second-order valence-corrected chi connectivity index (χ2v) is 12.0. The summed E-state index contributed by atoms with van der Waals surface area (Å²) in [5.41, 5.74) is 1.77. The van der Waals surface area contributed by atoms with Crippen LogP contribution in [0.3, 0.4) is 0 Å². The predicted molar refractivity (Wildman–Crippen MR) is 87.2 cm³/mol. The molecule has 4 heteroatoms. The maximum absolute atomic E-state index is 11.2. The fraction of sp³-hybridized carbons (Fsp3) is 0.900. The van der Waals surface area contributed by atoms with Gasteiger partial charge < -0.3 is 0 Å². The van der Waals surface area contributed by atoms with Crippen molar-refractivity contribution in [3.63, 3.8) is 0 Å². The predicted octanol–water partition coefficient (Wildman–Crippen LogP) is -0.149. The molecule has 0 amide bonds. The normalized spacial score (nSPS) is 61.5. The monoisotopic (exact) mass is 445 g/mol. The number of rotatable bonds is 1. The first-order valence-corrected chi connectivity index (χ1v) is 11.8. The van der Waals surface area contributed by atoms with Crippen LogP contribution in [0.5, 0.6) is 0 Å². The van der Waals surface area contributed by atoms with E-state index in [1.54, 1.807) is 0 Å². The molecular weight excluding hydrogens is 415 g/mol. The average molecular weight is 445 g/mol. The van der Waals surface area contributed by atoms with Crippen LogP contribution in [-0.2, 0) is 0 Å². The van der Waals surface area contributed by atoms with Gasteiger partial charge in [-0.15, -0.1) is 0 Å². The van der Waals surface area contributed by atoms with Crippen molar-refractivity contribution in [1.82, 2.24) is 0 Å². The number of halogens is 1. The average Bonchev–Trinajstić information content (AvgIpc) is 3.19. The number of hydrogen-bond donors (Lipinski definition) is 3. The van der Waals surface area contributed by atoms with Crippen LogP contribution in [0.2, 0.25) is 0 Å². The van der Waals surface area contributed by atoms with Gasteiger partial charge in [-0.25, -0.2) is 0 Å². The summed E-state index contributed by atoms with van der Waals surface area (Å²) in [6.07, 6.45) is 9.58. The summed E-state index contributed by atoms with van der Waals surface area (Å²) in [6.45, 7) is 4.73. The fourth-order valence-corrected chi connectivity index (χ4v) is 10.1. The molecule has 9 atom stereocenters. The molecule has 24 heavy (non-hydrogen) atoms. The molecular formula is C20H30IO3-. The summed E-state index contributed by atoms with van der Waals surface area (Å²) >= 11 is -1.13. The molecule has 0 heterocycles. The second kappa shape index (κ2) is 4.99. The first-order chi connectivity index (χ1) is 11.4. The minimum atomic E-state index is -1.13. The molecule has 5 rings (SSSR count). The topological polar surface area (TPSA) is 60.7 Å². The van der Waals surface area contributed by atoms with E-state index in [1.807, 2.05) is 0 Å². The maximum atomic E-state index is 11.2. The van der Waals surface area contributed by atoms with E-state index in [4.69, 9.17) is 0 Å². The summed E-state index contributed by atoms with van der Waals surface area (Å²) in [5.74, 6) is 3.42. The standard InChI is InChI=1S/C20H30IO3/c1-11-7-12-8-14(22)3-4-15(12)16-5-6-18(2)19(17(11)16)9-13(19)10-20(18,23)21-24/h8,11,13-17,22-24H,3-7,9-10H2,1-2H3/q-1/t11-,13-,14-,15+,16-,17-,18+,19-,20+/m1/s1. The second-order valence-electron chi connectivity index (χ2n) is 9.72. The van der Waals surface area contributed by atoms with Crippen LogP contribution >= 0.6 is 0 Å². The molecule has 5 aliphatic carbocycles. The minimum absolute atomic E-state index is 0.0580. The van der Waals surface area contributed by atoms with Crippen LogP contribution in [0.4, 0.5) is 0 Å². The molecule has 0 unspecified atom stereocenters.